The quantitative estimate of drug-likeness (QED) is 0.217. The lowest BCUT2D eigenvalue weighted by molar-refractivity contribution is -0.142. The van der Waals surface area contributed by atoms with Gasteiger partial charge in [0, 0.05) is 6.42 Å². The fraction of sp³-hybridized carbons (Fsp3) is 0.667. The van der Waals surface area contributed by atoms with Gasteiger partial charge in [-0.25, -0.2) is 0 Å². The average molecular weight is 430 g/mol. The predicted molar refractivity (Wildman–Crippen MR) is 104 cm³/mol. The van der Waals surface area contributed by atoms with E-state index in [9.17, 15) is 28.8 Å². The Morgan fingerprint density at radius 2 is 1.10 bits per heavy atom. The number of carboxylic acid groups (broad SMARTS) is 2. The van der Waals surface area contributed by atoms with Gasteiger partial charge in [-0.05, 0) is 26.7 Å². The van der Waals surface area contributed by atoms with Gasteiger partial charge in [-0.2, -0.15) is 0 Å². The number of hydrogen-bond donors (Lipinski definition) is 6. The molecule has 0 aliphatic rings. The molecule has 12 heteroatoms. The summed E-state index contributed by atoms with van der Waals surface area (Å²) in [7, 11) is 0. The van der Waals surface area contributed by atoms with Crippen LogP contribution in [-0.2, 0) is 28.8 Å². The first-order valence-electron chi connectivity index (χ1n) is 9.41. The van der Waals surface area contributed by atoms with Gasteiger partial charge < -0.3 is 31.5 Å². The smallest absolute Gasteiger partial charge is 0.325 e. The Balaban J connectivity index is 4.79. The molecule has 0 aromatic heterocycles. The van der Waals surface area contributed by atoms with Crippen molar-refractivity contribution >= 4 is 35.6 Å². The zero-order valence-electron chi connectivity index (χ0n) is 17.6. The van der Waals surface area contributed by atoms with Gasteiger partial charge in [0.2, 0.25) is 23.6 Å². The monoisotopic (exact) mass is 430 g/mol. The third-order valence-corrected chi connectivity index (χ3v) is 4.06. The van der Waals surface area contributed by atoms with Crippen molar-refractivity contribution in [2.75, 3.05) is 0 Å². The molecule has 0 spiro atoms. The first-order chi connectivity index (χ1) is 13.8. The van der Waals surface area contributed by atoms with E-state index in [0.717, 1.165) is 0 Å². The predicted octanol–water partition coefficient (Wildman–Crippen LogP) is -1.41. The van der Waals surface area contributed by atoms with Crippen LogP contribution in [0.3, 0.4) is 0 Å². The van der Waals surface area contributed by atoms with Crippen LogP contribution in [0.1, 0.15) is 47.5 Å². The number of carbonyl (C=O) groups is 6. The van der Waals surface area contributed by atoms with Crippen molar-refractivity contribution in [2.24, 2.45) is 5.92 Å². The number of carboxylic acids is 2. The number of amides is 4. The Hall–Kier alpha value is -3.18. The second-order valence-corrected chi connectivity index (χ2v) is 7.21. The van der Waals surface area contributed by atoms with E-state index in [2.05, 4.69) is 21.3 Å². The highest BCUT2D eigenvalue weighted by Gasteiger charge is 2.29. The van der Waals surface area contributed by atoms with Crippen molar-refractivity contribution in [3.05, 3.63) is 0 Å². The Bertz CT molecular complexity index is 679. The summed E-state index contributed by atoms with van der Waals surface area (Å²) in [5, 5.41) is 26.9. The Kier molecular flexibility index (Phi) is 11.1. The molecule has 0 aliphatic heterocycles. The summed E-state index contributed by atoms with van der Waals surface area (Å²) in [5.41, 5.74) is 0. The second-order valence-electron chi connectivity index (χ2n) is 7.21. The lowest BCUT2D eigenvalue weighted by Gasteiger charge is -2.25. The SMILES string of the molecule is CC(C)[C@H](NC(=O)[C@H](C)NC(=O)[C@H](C)NC(=O)CCC(=O)O)C(=O)N[C@@H](C)C(=O)O. The van der Waals surface area contributed by atoms with Crippen LogP contribution in [0.5, 0.6) is 0 Å². The molecule has 0 aliphatic carbocycles. The molecule has 4 amide bonds. The maximum absolute atomic E-state index is 12.4. The molecule has 0 saturated carbocycles. The molecule has 0 aromatic rings. The van der Waals surface area contributed by atoms with Crippen LogP contribution in [0.15, 0.2) is 0 Å². The lowest BCUT2D eigenvalue weighted by Crippen LogP contribution is -2.57. The second kappa shape index (κ2) is 12.4. The van der Waals surface area contributed by atoms with E-state index < -0.39 is 59.7 Å². The summed E-state index contributed by atoms with van der Waals surface area (Å²) in [6, 6.07) is -4.23. The third-order valence-electron chi connectivity index (χ3n) is 4.06. The molecule has 0 bridgehead atoms. The summed E-state index contributed by atoms with van der Waals surface area (Å²) in [6.45, 7) is 7.36. The van der Waals surface area contributed by atoms with Crippen molar-refractivity contribution in [3.63, 3.8) is 0 Å². The molecule has 0 saturated heterocycles. The van der Waals surface area contributed by atoms with Crippen molar-refractivity contribution < 1.29 is 39.0 Å². The molecule has 12 nitrogen and oxygen atoms in total. The molecule has 0 heterocycles. The molecular formula is C18H30N4O8. The zero-order valence-corrected chi connectivity index (χ0v) is 17.6. The van der Waals surface area contributed by atoms with Gasteiger partial charge in [0.05, 0.1) is 6.42 Å². The van der Waals surface area contributed by atoms with E-state index in [1.165, 1.54) is 20.8 Å². The van der Waals surface area contributed by atoms with E-state index in [4.69, 9.17) is 10.2 Å². The van der Waals surface area contributed by atoms with Crippen molar-refractivity contribution in [2.45, 2.75) is 71.6 Å². The standard InChI is InChI=1S/C18H30N4O8/c1-8(2)14(17(28)21-11(5)18(29)30)22-16(27)10(4)20-15(26)9(3)19-12(23)6-7-13(24)25/h8-11,14H,6-7H2,1-5H3,(H,19,23)(H,20,26)(H,21,28)(H,22,27)(H,24,25)(H,29,30)/t9-,10-,11-,14-/m0/s1. The normalized spacial score (nSPS) is 14.6. The number of rotatable bonds is 12. The largest absolute Gasteiger partial charge is 0.481 e. The van der Waals surface area contributed by atoms with Crippen LogP contribution in [0.25, 0.3) is 0 Å². The molecule has 6 N–H and O–H groups in total. The van der Waals surface area contributed by atoms with E-state index in [1.807, 2.05) is 0 Å². The van der Waals surface area contributed by atoms with Gasteiger partial charge in [0.1, 0.15) is 24.2 Å². The summed E-state index contributed by atoms with van der Waals surface area (Å²) in [6.07, 6.45) is -0.666. The van der Waals surface area contributed by atoms with Gasteiger partial charge in [-0.15, -0.1) is 0 Å². The summed E-state index contributed by atoms with van der Waals surface area (Å²) in [5.74, 6) is -5.38. The Morgan fingerprint density at radius 3 is 1.57 bits per heavy atom. The van der Waals surface area contributed by atoms with E-state index in [1.54, 1.807) is 13.8 Å². The summed E-state index contributed by atoms with van der Waals surface area (Å²) < 4.78 is 0. The van der Waals surface area contributed by atoms with Crippen LogP contribution >= 0.6 is 0 Å². The Morgan fingerprint density at radius 1 is 0.633 bits per heavy atom. The van der Waals surface area contributed by atoms with Gasteiger partial charge in [0.15, 0.2) is 0 Å². The van der Waals surface area contributed by atoms with Crippen LogP contribution in [0.2, 0.25) is 0 Å². The maximum atomic E-state index is 12.4. The molecule has 0 rings (SSSR count). The van der Waals surface area contributed by atoms with Gasteiger partial charge >= 0.3 is 11.9 Å². The van der Waals surface area contributed by atoms with Crippen LogP contribution in [0, 0.1) is 5.92 Å². The number of hydrogen-bond acceptors (Lipinski definition) is 6. The van der Waals surface area contributed by atoms with Crippen LogP contribution in [0.4, 0.5) is 0 Å². The first-order valence-corrected chi connectivity index (χ1v) is 9.41. The molecule has 30 heavy (non-hydrogen) atoms. The molecular weight excluding hydrogens is 400 g/mol. The zero-order chi connectivity index (χ0) is 23.6. The summed E-state index contributed by atoms with van der Waals surface area (Å²) in [4.78, 5) is 69.7. The number of nitrogens with one attached hydrogen (secondary N) is 4. The molecule has 0 fully saturated rings. The minimum Gasteiger partial charge on any atom is -0.481 e. The van der Waals surface area contributed by atoms with Crippen LogP contribution in [-0.4, -0.2) is 69.9 Å². The van der Waals surface area contributed by atoms with E-state index in [-0.39, 0.29) is 18.8 Å². The molecule has 0 radical (unpaired) electrons. The highest BCUT2D eigenvalue weighted by molar-refractivity contribution is 5.94. The van der Waals surface area contributed by atoms with Gasteiger partial charge in [0.25, 0.3) is 0 Å². The van der Waals surface area contributed by atoms with Crippen LogP contribution < -0.4 is 21.3 Å². The van der Waals surface area contributed by atoms with Crippen molar-refractivity contribution in [3.8, 4) is 0 Å². The van der Waals surface area contributed by atoms with E-state index >= 15 is 0 Å². The van der Waals surface area contributed by atoms with Crippen molar-refractivity contribution in [1.29, 1.82) is 0 Å². The van der Waals surface area contributed by atoms with Crippen molar-refractivity contribution in [1.82, 2.24) is 21.3 Å². The molecule has 4 atom stereocenters. The first kappa shape index (κ1) is 26.8. The van der Waals surface area contributed by atoms with Gasteiger partial charge in [-0.3, -0.25) is 28.8 Å². The Labute approximate surface area is 174 Å². The highest BCUT2D eigenvalue weighted by atomic mass is 16.4. The average Bonchev–Trinajstić information content (AvgIpc) is 2.63. The van der Waals surface area contributed by atoms with E-state index in [0.29, 0.717) is 0 Å². The fourth-order valence-corrected chi connectivity index (χ4v) is 2.18. The highest BCUT2D eigenvalue weighted by Crippen LogP contribution is 2.03. The molecule has 0 unspecified atom stereocenters. The third kappa shape index (κ3) is 9.85. The maximum Gasteiger partial charge on any atom is 0.325 e. The lowest BCUT2D eigenvalue weighted by atomic mass is 10.0. The van der Waals surface area contributed by atoms with Gasteiger partial charge in [-0.1, -0.05) is 13.8 Å². The molecule has 0 aromatic carbocycles. The topological polar surface area (TPSA) is 191 Å². The number of aliphatic carboxylic acids is 2. The number of carbonyl (C=O) groups excluding carboxylic acids is 4. The fourth-order valence-electron chi connectivity index (χ4n) is 2.18. The minimum absolute atomic E-state index is 0.289. The summed E-state index contributed by atoms with van der Waals surface area (Å²) >= 11 is 0. The minimum atomic E-state index is -1.22. The molecule has 170 valence electrons.